The lowest BCUT2D eigenvalue weighted by molar-refractivity contribution is -0.138. The van der Waals surface area contributed by atoms with Crippen LogP contribution >= 0.6 is 15.9 Å². The first-order chi connectivity index (χ1) is 8.30. The molecule has 0 atom stereocenters. The summed E-state index contributed by atoms with van der Waals surface area (Å²) in [6.07, 6.45) is -4.32. The molecule has 0 aliphatic heterocycles. The maximum atomic E-state index is 12.7. The molecule has 1 rings (SSSR count). The summed E-state index contributed by atoms with van der Waals surface area (Å²) in [6, 6.07) is 4.29. The van der Waals surface area contributed by atoms with Gasteiger partial charge in [-0.2, -0.15) is 13.2 Å². The van der Waals surface area contributed by atoms with E-state index in [1.807, 2.05) is 19.0 Å². The van der Waals surface area contributed by atoms with E-state index in [9.17, 15) is 13.2 Å². The first kappa shape index (κ1) is 15.5. The summed E-state index contributed by atoms with van der Waals surface area (Å²) in [7, 11) is 3.89. The Kier molecular flexibility index (Phi) is 5.62. The molecule has 0 fully saturated rings. The number of benzene rings is 1. The molecule has 0 unspecified atom stereocenters. The van der Waals surface area contributed by atoms with Crippen LogP contribution in [0.15, 0.2) is 22.7 Å². The summed E-state index contributed by atoms with van der Waals surface area (Å²) in [4.78, 5) is 2.01. The highest BCUT2D eigenvalue weighted by molar-refractivity contribution is 9.10. The Labute approximate surface area is 113 Å². The minimum absolute atomic E-state index is 0.0760. The molecule has 0 amide bonds. The van der Waals surface area contributed by atoms with Gasteiger partial charge in [0.1, 0.15) is 0 Å². The van der Waals surface area contributed by atoms with Crippen molar-refractivity contribution in [1.82, 2.24) is 10.2 Å². The highest BCUT2D eigenvalue weighted by Gasteiger charge is 2.32. The second-order valence-corrected chi connectivity index (χ2v) is 5.15. The fourth-order valence-corrected chi connectivity index (χ4v) is 1.91. The van der Waals surface area contributed by atoms with E-state index in [0.717, 1.165) is 13.1 Å². The van der Waals surface area contributed by atoms with Gasteiger partial charge in [0.15, 0.2) is 0 Å². The minimum Gasteiger partial charge on any atom is -0.311 e. The van der Waals surface area contributed by atoms with Gasteiger partial charge in [-0.15, -0.1) is 0 Å². The Morgan fingerprint density at radius 1 is 1.28 bits per heavy atom. The highest BCUT2D eigenvalue weighted by Crippen LogP contribution is 2.35. The molecule has 0 aliphatic carbocycles. The second kappa shape index (κ2) is 6.54. The molecular weight excluding hydrogens is 309 g/mol. The van der Waals surface area contributed by atoms with E-state index in [-0.39, 0.29) is 4.47 Å². The van der Waals surface area contributed by atoms with Crippen molar-refractivity contribution in [3.05, 3.63) is 33.8 Å². The average molecular weight is 325 g/mol. The van der Waals surface area contributed by atoms with E-state index in [2.05, 4.69) is 21.2 Å². The zero-order chi connectivity index (χ0) is 13.8. The number of rotatable bonds is 5. The number of halogens is 4. The van der Waals surface area contributed by atoms with Crippen molar-refractivity contribution in [2.45, 2.75) is 12.7 Å². The lowest BCUT2D eigenvalue weighted by Crippen LogP contribution is -2.26. The quantitative estimate of drug-likeness (QED) is 0.837. The normalized spacial score (nSPS) is 12.2. The molecule has 0 aromatic heterocycles. The van der Waals surface area contributed by atoms with Crippen molar-refractivity contribution in [1.29, 1.82) is 0 Å². The summed E-state index contributed by atoms with van der Waals surface area (Å²) in [5, 5.41) is 3.11. The Bertz CT molecular complexity index is 391. The third-order valence-corrected chi connectivity index (χ3v) is 3.09. The van der Waals surface area contributed by atoms with E-state index >= 15 is 0 Å². The van der Waals surface area contributed by atoms with Crippen LogP contribution in [-0.2, 0) is 12.7 Å². The summed E-state index contributed by atoms with van der Waals surface area (Å²) in [5.41, 5.74) is -0.00121. The Morgan fingerprint density at radius 2 is 1.94 bits per heavy atom. The lowest BCUT2D eigenvalue weighted by atomic mass is 10.1. The van der Waals surface area contributed by atoms with Crippen LogP contribution in [0.25, 0.3) is 0 Å². The van der Waals surface area contributed by atoms with Crippen LogP contribution in [0.4, 0.5) is 13.2 Å². The summed E-state index contributed by atoms with van der Waals surface area (Å²) in [5.74, 6) is 0. The minimum atomic E-state index is -4.32. The van der Waals surface area contributed by atoms with Crippen LogP contribution in [0.3, 0.4) is 0 Å². The molecule has 1 aromatic rings. The van der Waals surface area contributed by atoms with Gasteiger partial charge < -0.3 is 10.2 Å². The SMILES string of the molecule is CN(C)CCNCc1ccc(Br)c(C(F)(F)F)c1. The third-order valence-electron chi connectivity index (χ3n) is 2.40. The summed E-state index contributed by atoms with van der Waals surface area (Å²) >= 11 is 2.92. The monoisotopic (exact) mass is 324 g/mol. The average Bonchev–Trinajstić information content (AvgIpc) is 2.24. The van der Waals surface area contributed by atoms with Crippen molar-refractivity contribution >= 4 is 15.9 Å². The number of nitrogens with one attached hydrogen (secondary N) is 1. The molecule has 0 bridgehead atoms. The Morgan fingerprint density at radius 3 is 2.50 bits per heavy atom. The molecule has 0 heterocycles. The van der Waals surface area contributed by atoms with Gasteiger partial charge in [0.25, 0.3) is 0 Å². The van der Waals surface area contributed by atoms with E-state index in [4.69, 9.17) is 0 Å². The van der Waals surface area contributed by atoms with Gasteiger partial charge in [-0.25, -0.2) is 0 Å². The molecular formula is C12H16BrF3N2. The smallest absolute Gasteiger partial charge is 0.311 e. The van der Waals surface area contributed by atoms with E-state index in [1.165, 1.54) is 12.1 Å². The van der Waals surface area contributed by atoms with Crippen molar-refractivity contribution in [3.63, 3.8) is 0 Å². The molecule has 6 heteroatoms. The molecule has 0 aliphatic rings. The zero-order valence-electron chi connectivity index (χ0n) is 10.3. The number of hydrogen-bond acceptors (Lipinski definition) is 2. The van der Waals surface area contributed by atoms with Crippen molar-refractivity contribution in [3.8, 4) is 0 Å². The van der Waals surface area contributed by atoms with Crippen LogP contribution < -0.4 is 5.32 Å². The first-order valence-corrected chi connectivity index (χ1v) is 6.31. The molecule has 102 valence electrons. The molecule has 0 saturated carbocycles. The summed E-state index contributed by atoms with van der Waals surface area (Å²) in [6.45, 7) is 2.03. The topological polar surface area (TPSA) is 15.3 Å². The van der Waals surface area contributed by atoms with Crippen LogP contribution in [-0.4, -0.2) is 32.1 Å². The molecule has 0 saturated heterocycles. The number of hydrogen-bond donors (Lipinski definition) is 1. The van der Waals surface area contributed by atoms with Crippen LogP contribution in [0, 0.1) is 0 Å². The Hall–Kier alpha value is -0.590. The third kappa shape index (κ3) is 4.96. The fraction of sp³-hybridized carbons (Fsp3) is 0.500. The summed E-state index contributed by atoms with van der Waals surface area (Å²) < 4.78 is 38.1. The van der Waals surface area contributed by atoms with E-state index in [1.54, 1.807) is 6.07 Å². The van der Waals surface area contributed by atoms with Crippen molar-refractivity contribution in [2.24, 2.45) is 0 Å². The predicted octanol–water partition coefficient (Wildman–Crippen LogP) is 3.12. The van der Waals surface area contributed by atoms with Crippen LogP contribution in [0.1, 0.15) is 11.1 Å². The Balaban J connectivity index is 2.63. The van der Waals surface area contributed by atoms with Gasteiger partial charge >= 0.3 is 6.18 Å². The van der Waals surface area contributed by atoms with Gasteiger partial charge in [-0.3, -0.25) is 0 Å². The van der Waals surface area contributed by atoms with Gasteiger partial charge in [-0.05, 0) is 31.8 Å². The number of alkyl halides is 3. The number of nitrogens with zero attached hydrogens (tertiary/aromatic N) is 1. The second-order valence-electron chi connectivity index (χ2n) is 4.29. The molecule has 0 radical (unpaired) electrons. The van der Waals surface area contributed by atoms with E-state index in [0.29, 0.717) is 12.1 Å². The maximum absolute atomic E-state index is 12.7. The van der Waals surface area contributed by atoms with Crippen LogP contribution in [0.5, 0.6) is 0 Å². The van der Waals surface area contributed by atoms with Gasteiger partial charge in [0.2, 0.25) is 0 Å². The number of likely N-dealkylation sites (N-methyl/N-ethyl adjacent to an activating group) is 1. The molecule has 0 spiro atoms. The predicted molar refractivity (Wildman–Crippen MR) is 69.4 cm³/mol. The van der Waals surface area contributed by atoms with Crippen molar-refractivity contribution in [2.75, 3.05) is 27.2 Å². The van der Waals surface area contributed by atoms with Gasteiger partial charge in [-0.1, -0.05) is 22.0 Å². The van der Waals surface area contributed by atoms with Crippen LogP contribution in [0.2, 0.25) is 0 Å². The van der Waals surface area contributed by atoms with Crippen molar-refractivity contribution < 1.29 is 13.2 Å². The molecule has 1 N–H and O–H groups in total. The fourth-order valence-electron chi connectivity index (χ4n) is 1.44. The standard InChI is InChI=1S/C12H16BrF3N2/c1-18(2)6-5-17-8-9-3-4-11(13)10(7-9)12(14,15)16/h3-4,7,17H,5-6,8H2,1-2H3. The molecule has 1 aromatic carbocycles. The molecule has 18 heavy (non-hydrogen) atoms. The lowest BCUT2D eigenvalue weighted by Gasteiger charge is -2.13. The largest absolute Gasteiger partial charge is 0.417 e. The van der Waals surface area contributed by atoms with Gasteiger partial charge in [0, 0.05) is 24.1 Å². The van der Waals surface area contributed by atoms with Gasteiger partial charge in [0.05, 0.1) is 5.56 Å². The first-order valence-electron chi connectivity index (χ1n) is 5.52. The maximum Gasteiger partial charge on any atom is 0.417 e. The van der Waals surface area contributed by atoms with E-state index < -0.39 is 11.7 Å². The highest BCUT2D eigenvalue weighted by atomic mass is 79.9. The zero-order valence-corrected chi connectivity index (χ0v) is 11.9. The molecule has 2 nitrogen and oxygen atoms in total.